The van der Waals surface area contributed by atoms with Gasteiger partial charge in [0.05, 0.1) is 28.9 Å². The second kappa shape index (κ2) is 19.2. The summed E-state index contributed by atoms with van der Waals surface area (Å²) in [6.07, 6.45) is 9.05. The number of primary amides is 2. The van der Waals surface area contributed by atoms with Gasteiger partial charge in [-0.2, -0.15) is 5.10 Å². The van der Waals surface area contributed by atoms with Crippen molar-refractivity contribution in [3.63, 3.8) is 0 Å². The minimum Gasteiger partial charge on any atom is -0.491 e. The predicted molar refractivity (Wildman–Crippen MR) is 228 cm³/mol. The van der Waals surface area contributed by atoms with Crippen molar-refractivity contribution in [2.75, 3.05) is 44.4 Å². The third-order valence-corrected chi connectivity index (χ3v) is 10.2. The molecule has 1 aliphatic heterocycles. The Balaban J connectivity index is 1.19. The molecule has 19 nitrogen and oxygen atoms in total. The third-order valence-electron chi connectivity index (χ3n) is 10.2. The number of aromatic nitrogens is 6. The molecule has 6 rings (SSSR count). The molecule has 0 spiro atoms. The van der Waals surface area contributed by atoms with Gasteiger partial charge in [-0.15, -0.1) is 0 Å². The van der Waals surface area contributed by atoms with Crippen LogP contribution in [-0.4, -0.2) is 108 Å². The zero-order chi connectivity index (χ0) is 43.8. The summed E-state index contributed by atoms with van der Waals surface area (Å²) in [7, 11) is 3.47. The Hall–Kier alpha value is -7.31. The van der Waals surface area contributed by atoms with Crippen LogP contribution in [0.3, 0.4) is 0 Å². The fourth-order valence-corrected chi connectivity index (χ4v) is 7.08. The Kier molecular flexibility index (Phi) is 13.6. The molecule has 0 unspecified atom stereocenters. The van der Waals surface area contributed by atoms with Gasteiger partial charge in [0.15, 0.2) is 0 Å². The second-order valence-electron chi connectivity index (χ2n) is 14.5. The molecule has 19 heteroatoms. The molecule has 3 aromatic heterocycles. The van der Waals surface area contributed by atoms with Crippen molar-refractivity contribution in [1.82, 2.24) is 38.7 Å². The lowest BCUT2D eigenvalue weighted by atomic mass is 10.1. The maximum atomic E-state index is 13.7. The number of hydrogen-bond acceptors (Lipinski definition) is 11. The number of hydrogen-bond donors (Lipinski definition) is 4. The minimum absolute atomic E-state index is 0.0427. The molecule has 0 aliphatic carbocycles. The number of unbranched alkanes of at least 4 members (excludes halogenated alkanes) is 2. The van der Waals surface area contributed by atoms with E-state index in [9.17, 15) is 28.8 Å². The molecule has 0 fully saturated rings. The number of nitrogens with two attached hydrogens (primary N) is 2. The summed E-state index contributed by atoms with van der Waals surface area (Å²) in [5, 5.41) is 10.4. The summed E-state index contributed by atoms with van der Waals surface area (Å²) in [6, 6.07) is 9.85. The highest BCUT2D eigenvalue weighted by Gasteiger charge is 2.24. The van der Waals surface area contributed by atoms with Crippen LogP contribution in [0.5, 0.6) is 5.75 Å². The first-order valence-electron chi connectivity index (χ1n) is 20.0. The van der Waals surface area contributed by atoms with E-state index in [2.05, 4.69) is 20.7 Å². The topological polar surface area (TPSA) is 248 Å². The summed E-state index contributed by atoms with van der Waals surface area (Å²) in [6.45, 7) is 5.67. The minimum atomic E-state index is -0.689. The molecule has 0 bridgehead atoms. The summed E-state index contributed by atoms with van der Waals surface area (Å²) in [5.74, 6) is -1.25. The number of nitrogens with one attached hydrogen (secondary N) is 2. The van der Waals surface area contributed by atoms with E-state index >= 15 is 0 Å². The fourth-order valence-electron chi connectivity index (χ4n) is 7.08. The maximum absolute atomic E-state index is 13.7. The lowest BCUT2D eigenvalue weighted by molar-refractivity contribution is -0.137. The number of imide groups is 1. The van der Waals surface area contributed by atoms with Gasteiger partial charge in [-0.3, -0.25) is 43.7 Å². The summed E-state index contributed by atoms with van der Waals surface area (Å²) < 4.78 is 11.6. The highest BCUT2D eigenvalue weighted by atomic mass is 16.5. The molecule has 2 aromatic carbocycles. The Morgan fingerprint density at radius 1 is 0.852 bits per heavy atom. The molecule has 1 aliphatic rings. The van der Waals surface area contributed by atoms with Gasteiger partial charge in [-0.25, -0.2) is 9.97 Å². The summed E-state index contributed by atoms with van der Waals surface area (Å²) >= 11 is 0. The number of rotatable bonds is 21. The van der Waals surface area contributed by atoms with Crippen LogP contribution in [0.1, 0.15) is 75.9 Å². The molecule has 4 heterocycles. The first-order chi connectivity index (χ1) is 29.3. The van der Waals surface area contributed by atoms with E-state index in [1.54, 1.807) is 71.6 Å². The van der Waals surface area contributed by atoms with Gasteiger partial charge in [-0.1, -0.05) is 18.6 Å². The summed E-state index contributed by atoms with van der Waals surface area (Å²) in [5.41, 5.74) is 15.0. The monoisotopic (exact) mass is 834 g/mol. The van der Waals surface area contributed by atoms with Crippen molar-refractivity contribution in [2.24, 2.45) is 11.5 Å². The molecule has 0 atom stereocenters. The van der Waals surface area contributed by atoms with Crippen molar-refractivity contribution in [1.29, 1.82) is 0 Å². The maximum Gasteiger partial charge on any atom is 0.276 e. The first-order valence-corrected chi connectivity index (χ1v) is 20.0. The van der Waals surface area contributed by atoms with E-state index in [1.165, 1.54) is 17.1 Å². The number of anilines is 2. The predicted octanol–water partition coefficient (Wildman–Crippen LogP) is 3.37. The number of amides is 6. The third kappa shape index (κ3) is 9.94. The Bertz CT molecular complexity index is 2550. The molecule has 61 heavy (non-hydrogen) atoms. The molecule has 5 aromatic rings. The Labute approximate surface area is 351 Å². The molecular formula is C42H50N12O7. The molecule has 320 valence electrons. The number of allylic oxidation sites excluding steroid dienone is 2. The van der Waals surface area contributed by atoms with Gasteiger partial charge < -0.3 is 35.6 Å². The standard InChI is InChI=1S/C42H50N12O7/c1-5-54-32(22-26(2)49-54)40(60)48-42-47-30-24-28(39(44)59)25-33(61-21-11-17-50(4)34(55)12-7-6-8-19-52-35(56)15-16-36(52)57)37(30)53(42)20-10-9-18-51-31-14-13-27(38(43)58)23-29(31)46-41(51)45-3/h9-10,13-16,22-25H,5-8,11-12,17-21H2,1-4H3,(H2,43,58)(H2,44,59)(H,45,46)(H,47,48,60)/b10-9+. The number of carbonyl (C=O) groups is 6. The van der Waals surface area contributed by atoms with Gasteiger partial charge >= 0.3 is 0 Å². The highest BCUT2D eigenvalue weighted by molar-refractivity contribution is 6.12. The van der Waals surface area contributed by atoms with Crippen LogP contribution in [0.25, 0.3) is 22.1 Å². The van der Waals surface area contributed by atoms with Crippen molar-refractivity contribution in [3.8, 4) is 5.75 Å². The van der Waals surface area contributed by atoms with E-state index in [1.807, 2.05) is 23.6 Å². The van der Waals surface area contributed by atoms with Gasteiger partial charge in [0.1, 0.15) is 17.0 Å². The fraction of sp³-hybridized carbons (Fsp3) is 0.357. The smallest absolute Gasteiger partial charge is 0.276 e. The van der Waals surface area contributed by atoms with Crippen molar-refractivity contribution < 1.29 is 33.5 Å². The zero-order valence-electron chi connectivity index (χ0n) is 34.6. The lowest BCUT2D eigenvalue weighted by Gasteiger charge is -2.18. The number of fused-ring (bicyclic) bond motifs is 2. The normalized spacial score (nSPS) is 12.6. The van der Waals surface area contributed by atoms with E-state index in [0.29, 0.717) is 103 Å². The van der Waals surface area contributed by atoms with E-state index < -0.39 is 17.7 Å². The van der Waals surface area contributed by atoms with Crippen molar-refractivity contribution >= 4 is 69.4 Å². The molecule has 0 saturated heterocycles. The second-order valence-corrected chi connectivity index (χ2v) is 14.5. The zero-order valence-corrected chi connectivity index (χ0v) is 34.6. The van der Waals surface area contributed by atoms with Crippen LogP contribution >= 0.6 is 0 Å². The van der Waals surface area contributed by atoms with Crippen LogP contribution in [0, 0.1) is 6.92 Å². The van der Waals surface area contributed by atoms with Gasteiger partial charge in [0.25, 0.3) is 17.7 Å². The largest absolute Gasteiger partial charge is 0.491 e. The molecule has 0 saturated carbocycles. The average molecular weight is 835 g/mol. The van der Waals surface area contributed by atoms with Crippen LogP contribution in [0.15, 0.2) is 60.7 Å². The number of aryl methyl sites for hydroxylation is 2. The van der Waals surface area contributed by atoms with Gasteiger partial charge in [0, 0.05) is 76.5 Å². The van der Waals surface area contributed by atoms with E-state index in [4.69, 9.17) is 21.2 Å². The Morgan fingerprint density at radius 3 is 2.23 bits per heavy atom. The average Bonchev–Trinajstić information content (AvgIpc) is 3.99. The van der Waals surface area contributed by atoms with Crippen LogP contribution in [-0.2, 0) is 34.0 Å². The summed E-state index contributed by atoms with van der Waals surface area (Å²) in [4.78, 5) is 86.5. The number of nitrogens with zero attached hydrogens (tertiary/aromatic N) is 8. The number of imidazole rings is 2. The molecule has 6 amide bonds. The number of ether oxygens (including phenoxy) is 1. The molecule has 6 N–H and O–H groups in total. The Morgan fingerprint density at radius 2 is 1.54 bits per heavy atom. The quantitative estimate of drug-likeness (QED) is 0.0474. The molecule has 0 radical (unpaired) electrons. The molecular weight excluding hydrogens is 785 g/mol. The SMILES string of the molecule is CCn1nc(C)cc1C(=O)Nc1nc2cc(C(N)=O)cc(OCCCN(C)C(=O)CCCCCN3C(=O)C=CC3=O)c2n1C/C=C/Cn1c(NC)nc2cc(C(N)=O)ccc21. The van der Waals surface area contributed by atoms with Crippen molar-refractivity contribution in [3.05, 3.63) is 83.2 Å². The van der Waals surface area contributed by atoms with E-state index in [0.717, 1.165) is 5.52 Å². The van der Waals surface area contributed by atoms with Crippen molar-refractivity contribution in [2.45, 2.75) is 65.6 Å². The van der Waals surface area contributed by atoms with Crippen LogP contribution in [0.2, 0.25) is 0 Å². The number of benzene rings is 2. The lowest BCUT2D eigenvalue weighted by Crippen LogP contribution is -2.31. The van der Waals surface area contributed by atoms with Crippen LogP contribution in [0.4, 0.5) is 11.9 Å². The van der Waals surface area contributed by atoms with E-state index in [-0.39, 0.29) is 42.4 Å². The highest BCUT2D eigenvalue weighted by Crippen LogP contribution is 2.32. The number of carbonyl (C=O) groups excluding carboxylic acids is 6. The van der Waals surface area contributed by atoms with Gasteiger partial charge in [-0.05, 0) is 69.5 Å². The van der Waals surface area contributed by atoms with Crippen LogP contribution < -0.4 is 26.8 Å². The first kappa shape index (κ1) is 43.3. The van der Waals surface area contributed by atoms with Gasteiger partial charge in [0.2, 0.25) is 29.6 Å².